The molecule has 0 radical (unpaired) electrons. The van der Waals surface area contributed by atoms with Crippen LogP contribution in [0, 0.1) is 0 Å². The largest absolute Gasteiger partial charge is 0.504 e. The maximum atomic E-state index is 13.3. The fourth-order valence-electron chi connectivity index (χ4n) is 6.25. The summed E-state index contributed by atoms with van der Waals surface area (Å²) in [6.07, 6.45) is -19.7. The molecule has 55 heavy (non-hydrogen) atoms. The Morgan fingerprint density at radius 2 is 1.51 bits per heavy atom. The summed E-state index contributed by atoms with van der Waals surface area (Å²) in [6.45, 7) is 0.0631. The standard InChI is InChI=1S/C36H48O19/c1-16-26(42)28(44)33(55-34-29(45)27(43)21(40)15-50-34)36(51-16)54-32-30(46)35(49-11-10-18-4-7-19(38)20(39)12-18)52-24(14-37)31(32)53-25(41)9-6-17-5-8-22(47-2)23(13-17)48-3/h4-9,12-13,16,21,24,26-40,42-46H,10-11,14-15H2,1-3H3/b9-6-/t16-,21-,24+,26-,27+,28+,29+,30+,31+,32+,33+,34-,35+,36-/m0/s1. The summed E-state index contributed by atoms with van der Waals surface area (Å²) < 4.78 is 51.0. The van der Waals surface area contributed by atoms with E-state index in [-0.39, 0.29) is 24.5 Å². The van der Waals surface area contributed by atoms with Gasteiger partial charge in [-0.15, -0.1) is 0 Å². The molecule has 14 atom stereocenters. The maximum Gasteiger partial charge on any atom is 0.331 e. The van der Waals surface area contributed by atoms with Gasteiger partial charge in [0.2, 0.25) is 0 Å². The van der Waals surface area contributed by atoms with Crippen molar-refractivity contribution in [2.75, 3.05) is 34.0 Å². The zero-order chi connectivity index (χ0) is 40.0. The Morgan fingerprint density at radius 1 is 0.782 bits per heavy atom. The molecule has 0 aromatic heterocycles. The summed E-state index contributed by atoms with van der Waals surface area (Å²) in [6, 6.07) is 9.03. The van der Waals surface area contributed by atoms with Gasteiger partial charge >= 0.3 is 5.97 Å². The predicted octanol–water partition coefficient (Wildman–Crippen LogP) is -1.95. The highest BCUT2D eigenvalue weighted by molar-refractivity contribution is 5.87. The van der Waals surface area contributed by atoms with Crippen LogP contribution in [0.15, 0.2) is 42.5 Å². The summed E-state index contributed by atoms with van der Waals surface area (Å²) in [5.74, 6) is -0.782. The lowest BCUT2D eigenvalue weighted by atomic mass is 9.96. The van der Waals surface area contributed by atoms with Crippen LogP contribution in [0.1, 0.15) is 18.1 Å². The average Bonchev–Trinajstić information content (AvgIpc) is 3.17. The van der Waals surface area contributed by atoms with Crippen LogP contribution < -0.4 is 9.47 Å². The van der Waals surface area contributed by atoms with Crippen molar-refractivity contribution in [1.82, 2.24) is 0 Å². The molecule has 306 valence electrons. The second kappa shape index (κ2) is 19.0. The number of phenols is 2. The van der Waals surface area contributed by atoms with Crippen molar-refractivity contribution in [2.24, 2.45) is 0 Å². The molecule has 0 saturated carbocycles. The van der Waals surface area contributed by atoms with Crippen LogP contribution in [0.3, 0.4) is 0 Å². The molecule has 0 spiro atoms. The first-order chi connectivity index (χ1) is 26.3. The number of rotatable bonds is 14. The number of hydrogen-bond acceptors (Lipinski definition) is 19. The fraction of sp³-hybridized carbons (Fsp3) is 0.583. The lowest BCUT2D eigenvalue weighted by Gasteiger charge is -2.48. The third kappa shape index (κ3) is 10.0. The molecule has 0 bridgehead atoms. The van der Waals surface area contributed by atoms with Crippen molar-refractivity contribution in [2.45, 2.75) is 99.4 Å². The van der Waals surface area contributed by atoms with Gasteiger partial charge in [0, 0.05) is 6.08 Å². The van der Waals surface area contributed by atoms with E-state index in [1.807, 2.05) is 0 Å². The monoisotopic (exact) mass is 784 g/mol. The van der Waals surface area contributed by atoms with Gasteiger partial charge in [0.25, 0.3) is 0 Å². The molecule has 19 nitrogen and oxygen atoms in total. The van der Waals surface area contributed by atoms with Crippen molar-refractivity contribution in [3.63, 3.8) is 0 Å². The molecule has 0 unspecified atom stereocenters. The lowest BCUT2D eigenvalue weighted by Crippen LogP contribution is -2.66. The Kier molecular flexibility index (Phi) is 14.7. The third-order valence-electron chi connectivity index (χ3n) is 9.40. The van der Waals surface area contributed by atoms with Gasteiger partial charge in [-0.3, -0.25) is 0 Å². The Labute approximate surface area is 315 Å². The van der Waals surface area contributed by atoms with Crippen molar-refractivity contribution >= 4 is 12.0 Å². The molecule has 9 N–H and O–H groups in total. The van der Waals surface area contributed by atoms with Crippen LogP contribution in [-0.4, -0.2) is 172 Å². The van der Waals surface area contributed by atoms with E-state index in [1.165, 1.54) is 45.4 Å². The van der Waals surface area contributed by atoms with E-state index < -0.39 is 105 Å². The second-order valence-corrected chi connectivity index (χ2v) is 13.2. The molecular formula is C36H48O19. The van der Waals surface area contributed by atoms with Gasteiger partial charge in [-0.1, -0.05) is 12.1 Å². The van der Waals surface area contributed by atoms with E-state index in [4.69, 9.17) is 42.6 Å². The number of benzene rings is 2. The average molecular weight is 785 g/mol. The van der Waals surface area contributed by atoms with Crippen LogP contribution in [0.5, 0.6) is 23.0 Å². The highest BCUT2D eigenvalue weighted by Crippen LogP contribution is 2.34. The van der Waals surface area contributed by atoms with Crippen molar-refractivity contribution in [1.29, 1.82) is 0 Å². The number of aliphatic hydroxyl groups excluding tert-OH is 7. The van der Waals surface area contributed by atoms with Crippen LogP contribution in [0.25, 0.3) is 6.08 Å². The summed E-state index contributed by atoms with van der Waals surface area (Å²) in [5.41, 5.74) is 1.08. The SMILES string of the molecule is COc1ccc(/C=C\C(=O)O[C@H]2[C@H](O[C@@H]3O[C@@H](C)[C@H](O)[C@@H](O)[C@H]3O[C@@H]3OC[C@H](O)[C@@H](O)[C@H]3O)[C@@H](O)[C@H](OCCc3ccc(O)c(O)c3)O[C@@H]2CO)cc1OC. The summed E-state index contributed by atoms with van der Waals surface area (Å²) in [4.78, 5) is 13.3. The summed E-state index contributed by atoms with van der Waals surface area (Å²) in [5, 5.41) is 93.9. The van der Waals surface area contributed by atoms with Gasteiger partial charge in [0.15, 0.2) is 48.0 Å². The molecular weight excluding hydrogens is 736 g/mol. The lowest BCUT2D eigenvalue weighted by molar-refractivity contribution is -0.381. The third-order valence-corrected chi connectivity index (χ3v) is 9.40. The zero-order valence-electron chi connectivity index (χ0n) is 30.1. The van der Waals surface area contributed by atoms with E-state index in [9.17, 15) is 50.8 Å². The van der Waals surface area contributed by atoms with Gasteiger partial charge in [-0.2, -0.15) is 0 Å². The summed E-state index contributed by atoms with van der Waals surface area (Å²) >= 11 is 0. The molecule has 3 aliphatic rings. The van der Waals surface area contributed by atoms with Crippen molar-refractivity contribution < 1.29 is 93.4 Å². The van der Waals surface area contributed by atoms with E-state index in [0.29, 0.717) is 22.6 Å². The number of carbonyl (C=O) groups excluding carboxylic acids is 1. The molecule has 19 heteroatoms. The van der Waals surface area contributed by atoms with E-state index in [0.717, 1.165) is 6.08 Å². The highest BCUT2D eigenvalue weighted by atomic mass is 16.8. The van der Waals surface area contributed by atoms with Crippen LogP contribution in [-0.2, 0) is 44.4 Å². The molecule has 2 aromatic rings. The molecule has 3 heterocycles. The Balaban J connectivity index is 1.40. The zero-order valence-corrected chi connectivity index (χ0v) is 30.1. The number of methoxy groups -OCH3 is 2. The summed E-state index contributed by atoms with van der Waals surface area (Å²) in [7, 11) is 2.92. The minimum atomic E-state index is -1.81. The molecule has 5 rings (SSSR count). The number of aromatic hydroxyl groups is 2. The van der Waals surface area contributed by atoms with Gasteiger partial charge in [0.05, 0.1) is 40.1 Å². The molecule has 3 aliphatic heterocycles. The Hall–Kier alpha value is -3.67. The van der Waals surface area contributed by atoms with Crippen LogP contribution in [0.4, 0.5) is 0 Å². The number of carbonyl (C=O) groups is 1. The molecule has 3 saturated heterocycles. The van der Waals surface area contributed by atoms with Gasteiger partial charge in [-0.05, 0) is 54.8 Å². The minimum Gasteiger partial charge on any atom is -0.504 e. The number of phenolic OH excluding ortho intramolecular Hbond substituents is 2. The number of ether oxygens (including phenoxy) is 9. The highest BCUT2D eigenvalue weighted by Gasteiger charge is 2.54. The first-order valence-electron chi connectivity index (χ1n) is 17.4. The fourth-order valence-corrected chi connectivity index (χ4v) is 6.25. The second-order valence-electron chi connectivity index (χ2n) is 13.2. The van der Waals surface area contributed by atoms with E-state index in [1.54, 1.807) is 18.2 Å². The van der Waals surface area contributed by atoms with Crippen molar-refractivity contribution in [3.05, 3.63) is 53.6 Å². The van der Waals surface area contributed by atoms with Crippen LogP contribution >= 0.6 is 0 Å². The molecule has 0 amide bonds. The smallest absolute Gasteiger partial charge is 0.331 e. The van der Waals surface area contributed by atoms with Gasteiger partial charge < -0.3 is 88.6 Å². The van der Waals surface area contributed by atoms with Gasteiger partial charge in [0.1, 0.15) is 54.9 Å². The Morgan fingerprint density at radius 3 is 2.20 bits per heavy atom. The molecule has 0 aliphatic carbocycles. The topological polar surface area (TPSA) is 282 Å². The molecule has 3 fully saturated rings. The number of esters is 1. The number of hydrogen-bond donors (Lipinski definition) is 9. The Bertz CT molecular complexity index is 1590. The van der Waals surface area contributed by atoms with E-state index in [2.05, 4.69) is 0 Å². The predicted molar refractivity (Wildman–Crippen MR) is 183 cm³/mol. The first kappa shape index (κ1) is 42.5. The molecule has 2 aromatic carbocycles. The van der Waals surface area contributed by atoms with Crippen LogP contribution in [0.2, 0.25) is 0 Å². The van der Waals surface area contributed by atoms with Gasteiger partial charge in [-0.25, -0.2) is 4.79 Å². The van der Waals surface area contributed by atoms with E-state index >= 15 is 0 Å². The first-order valence-corrected chi connectivity index (χ1v) is 17.4. The minimum absolute atomic E-state index is 0.117. The maximum absolute atomic E-state index is 13.3. The number of aliphatic hydroxyl groups is 7. The normalized spacial score (nSPS) is 35.4. The quantitative estimate of drug-likeness (QED) is 0.0572. The van der Waals surface area contributed by atoms with Crippen molar-refractivity contribution in [3.8, 4) is 23.0 Å².